The van der Waals surface area contributed by atoms with Crippen molar-refractivity contribution in [1.29, 1.82) is 0 Å². The molecule has 0 radical (unpaired) electrons. The largest absolute Gasteiger partial charge is 0.493 e. The summed E-state index contributed by atoms with van der Waals surface area (Å²) in [4.78, 5) is 0. The zero-order valence-corrected chi connectivity index (χ0v) is 11.9. The van der Waals surface area contributed by atoms with E-state index in [-0.39, 0.29) is 6.61 Å². The predicted molar refractivity (Wildman–Crippen MR) is 79.3 cm³/mol. The summed E-state index contributed by atoms with van der Waals surface area (Å²) in [6.45, 7) is 2.29. The number of hydrogen-bond donors (Lipinski definition) is 1. The highest BCUT2D eigenvalue weighted by Crippen LogP contribution is 2.29. The Morgan fingerprint density at radius 2 is 1.80 bits per heavy atom. The van der Waals surface area contributed by atoms with Crippen LogP contribution in [0.25, 0.3) is 0 Å². The lowest BCUT2D eigenvalue weighted by atomic mass is 10.1. The molecule has 0 heterocycles. The van der Waals surface area contributed by atoms with Crippen molar-refractivity contribution >= 4 is 0 Å². The second-order valence-corrected chi connectivity index (χ2v) is 4.58. The van der Waals surface area contributed by atoms with Crippen molar-refractivity contribution in [2.45, 2.75) is 19.4 Å². The van der Waals surface area contributed by atoms with E-state index >= 15 is 0 Å². The molecule has 20 heavy (non-hydrogen) atoms. The van der Waals surface area contributed by atoms with Gasteiger partial charge < -0.3 is 14.6 Å². The van der Waals surface area contributed by atoms with Crippen molar-refractivity contribution in [2.24, 2.45) is 0 Å². The fraction of sp³-hybridized carbons (Fsp3) is 0.294. The minimum absolute atomic E-state index is 0.200. The topological polar surface area (TPSA) is 38.7 Å². The van der Waals surface area contributed by atoms with Crippen LogP contribution in [-0.2, 0) is 6.42 Å². The van der Waals surface area contributed by atoms with Crippen LogP contribution in [-0.4, -0.2) is 18.8 Å². The molecule has 0 aliphatic heterocycles. The molecule has 2 aromatic carbocycles. The predicted octanol–water partition coefficient (Wildman–Crippen LogP) is 3.37. The van der Waals surface area contributed by atoms with Crippen LogP contribution >= 0.6 is 0 Å². The van der Waals surface area contributed by atoms with Crippen LogP contribution in [0, 0.1) is 0 Å². The van der Waals surface area contributed by atoms with E-state index in [0.717, 1.165) is 12.0 Å². The van der Waals surface area contributed by atoms with Gasteiger partial charge in [-0.2, -0.15) is 0 Å². The first-order valence-corrected chi connectivity index (χ1v) is 6.77. The Balaban J connectivity index is 2.03. The summed E-state index contributed by atoms with van der Waals surface area (Å²) in [5.74, 6) is 1.35. The maximum Gasteiger partial charge on any atom is 0.161 e. The first-order valence-electron chi connectivity index (χ1n) is 6.77. The third kappa shape index (κ3) is 3.52. The molecule has 0 aliphatic carbocycles. The monoisotopic (exact) mass is 272 g/mol. The summed E-state index contributed by atoms with van der Waals surface area (Å²) in [6.07, 6.45) is 0.301. The van der Waals surface area contributed by atoms with Gasteiger partial charge in [0.25, 0.3) is 0 Å². The summed E-state index contributed by atoms with van der Waals surface area (Å²) in [7, 11) is 1.62. The van der Waals surface area contributed by atoms with Crippen molar-refractivity contribution in [3.05, 3.63) is 59.7 Å². The molecular formula is C17H20O3. The zero-order chi connectivity index (χ0) is 14.4. The third-order valence-electron chi connectivity index (χ3n) is 3.22. The van der Waals surface area contributed by atoms with Crippen molar-refractivity contribution in [3.8, 4) is 11.5 Å². The Bertz CT molecular complexity index is 537. The van der Waals surface area contributed by atoms with Gasteiger partial charge in [0.05, 0.1) is 7.11 Å². The van der Waals surface area contributed by atoms with Gasteiger partial charge in [-0.1, -0.05) is 43.3 Å². The number of rotatable bonds is 6. The Kier molecular flexibility index (Phi) is 5.02. The minimum atomic E-state index is -0.647. The lowest BCUT2D eigenvalue weighted by molar-refractivity contribution is 0.106. The van der Waals surface area contributed by atoms with Crippen molar-refractivity contribution in [2.75, 3.05) is 13.7 Å². The van der Waals surface area contributed by atoms with Crippen LogP contribution in [0.5, 0.6) is 11.5 Å². The van der Waals surface area contributed by atoms with Gasteiger partial charge in [0, 0.05) is 0 Å². The highest BCUT2D eigenvalue weighted by atomic mass is 16.5. The summed E-state index contributed by atoms with van der Waals surface area (Å²) in [5.41, 5.74) is 2.04. The number of aliphatic hydroxyl groups excluding tert-OH is 1. The van der Waals surface area contributed by atoms with E-state index in [1.165, 1.54) is 5.56 Å². The molecule has 2 aromatic rings. The van der Waals surface area contributed by atoms with Gasteiger partial charge in [-0.15, -0.1) is 0 Å². The Morgan fingerprint density at radius 1 is 1.05 bits per heavy atom. The van der Waals surface area contributed by atoms with Crippen LogP contribution in [0.15, 0.2) is 48.5 Å². The number of ether oxygens (including phenoxy) is 2. The molecule has 1 atom stereocenters. The summed E-state index contributed by atoms with van der Waals surface area (Å²) in [5, 5.41) is 10.1. The summed E-state index contributed by atoms with van der Waals surface area (Å²) >= 11 is 0. The van der Waals surface area contributed by atoms with Crippen molar-refractivity contribution < 1.29 is 14.6 Å². The molecule has 0 bridgehead atoms. The van der Waals surface area contributed by atoms with Crippen molar-refractivity contribution in [3.63, 3.8) is 0 Å². The molecule has 0 saturated carbocycles. The van der Waals surface area contributed by atoms with E-state index < -0.39 is 6.10 Å². The number of hydrogen-bond acceptors (Lipinski definition) is 3. The number of aryl methyl sites for hydroxylation is 1. The normalized spacial score (nSPS) is 11.9. The molecule has 0 fully saturated rings. The van der Waals surface area contributed by atoms with Crippen molar-refractivity contribution in [1.82, 2.24) is 0 Å². The van der Waals surface area contributed by atoms with Gasteiger partial charge in [0.1, 0.15) is 12.7 Å². The standard InChI is InChI=1S/C17H20O3/c1-3-13-9-10-16(17(11-13)19-2)20-12-15(18)14-7-5-4-6-8-14/h4-11,15,18H,3,12H2,1-2H3. The molecule has 3 heteroatoms. The first-order chi connectivity index (χ1) is 9.74. The first kappa shape index (κ1) is 14.4. The van der Waals surface area contributed by atoms with Gasteiger partial charge in [-0.25, -0.2) is 0 Å². The average molecular weight is 272 g/mol. The van der Waals surface area contributed by atoms with Gasteiger partial charge in [-0.3, -0.25) is 0 Å². The van der Waals surface area contributed by atoms with Crippen LogP contribution in [0.4, 0.5) is 0 Å². The van der Waals surface area contributed by atoms with E-state index in [4.69, 9.17) is 9.47 Å². The lowest BCUT2D eigenvalue weighted by Gasteiger charge is -2.15. The molecule has 0 aromatic heterocycles. The SMILES string of the molecule is CCc1ccc(OCC(O)c2ccccc2)c(OC)c1. The summed E-state index contributed by atoms with van der Waals surface area (Å²) < 4.78 is 11.0. The molecule has 3 nitrogen and oxygen atoms in total. The third-order valence-corrected chi connectivity index (χ3v) is 3.22. The van der Waals surface area contributed by atoms with Crippen LogP contribution in [0.2, 0.25) is 0 Å². The molecule has 106 valence electrons. The Morgan fingerprint density at radius 3 is 2.45 bits per heavy atom. The quantitative estimate of drug-likeness (QED) is 0.876. The number of aliphatic hydroxyl groups is 1. The number of methoxy groups -OCH3 is 1. The van der Waals surface area contributed by atoms with E-state index in [0.29, 0.717) is 11.5 Å². The van der Waals surface area contributed by atoms with E-state index in [9.17, 15) is 5.11 Å². The maximum atomic E-state index is 10.1. The molecule has 0 amide bonds. The highest BCUT2D eigenvalue weighted by Gasteiger charge is 2.10. The molecule has 0 saturated heterocycles. The molecule has 0 aliphatic rings. The van der Waals surface area contributed by atoms with Gasteiger partial charge in [-0.05, 0) is 29.7 Å². The number of benzene rings is 2. The Hall–Kier alpha value is -2.00. The smallest absolute Gasteiger partial charge is 0.161 e. The maximum absolute atomic E-state index is 10.1. The van der Waals surface area contributed by atoms with Gasteiger partial charge >= 0.3 is 0 Å². The zero-order valence-electron chi connectivity index (χ0n) is 11.9. The van der Waals surface area contributed by atoms with Crippen LogP contribution < -0.4 is 9.47 Å². The Labute approximate surface area is 119 Å². The van der Waals surface area contributed by atoms with E-state index in [1.807, 2.05) is 48.5 Å². The fourth-order valence-electron chi connectivity index (χ4n) is 1.99. The van der Waals surface area contributed by atoms with Crippen LogP contribution in [0.3, 0.4) is 0 Å². The average Bonchev–Trinajstić information content (AvgIpc) is 2.53. The molecule has 1 N–H and O–H groups in total. The molecular weight excluding hydrogens is 252 g/mol. The van der Waals surface area contributed by atoms with Gasteiger partial charge in [0.15, 0.2) is 11.5 Å². The lowest BCUT2D eigenvalue weighted by Crippen LogP contribution is -2.10. The van der Waals surface area contributed by atoms with Crippen LogP contribution in [0.1, 0.15) is 24.2 Å². The second kappa shape index (κ2) is 6.96. The summed E-state index contributed by atoms with van der Waals surface area (Å²) in [6, 6.07) is 15.3. The van der Waals surface area contributed by atoms with Gasteiger partial charge in [0.2, 0.25) is 0 Å². The fourth-order valence-corrected chi connectivity index (χ4v) is 1.99. The van der Waals surface area contributed by atoms with E-state index in [2.05, 4.69) is 6.92 Å². The highest BCUT2D eigenvalue weighted by molar-refractivity contribution is 5.43. The second-order valence-electron chi connectivity index (χ2n) is 4.58. The molecule has 2 rings (SSSR count). The molecule has 1 unspecified atom stereocenters. The minimum Gasteiger partial charge on any atom is -0.493 e. The van der Waals surface area contributed by atoms with E-state index in [1.54, 1.807) is 7.11 Å². The molecule has 0 spiro atoms.